The van der Waals surface area contributed by atoms with Crippen LogP contribution in [0.1, 0.15) is 22.5 Å². The number of nitrogens with zero attached hydrogens (tertiary/aromatic N) is 1. The van der Waals surface area contributed by atoms with Crippen LogP contribution in [0.5, 0.6) is 0 Å². The Morgan fingerprint density at radius 2 is 2.12 bits per heavy atom. The van der Waals surface area contributed by atoms with Crippen molar-refractivity contribution in [2.24, 2.45) is 5.92 Å². The van der Waals surface area contributed by atoms with Crippen LogP contribution in [-0.2, 0) is 9.47 Å². The fourth-order valence-electron chi connectivity index (χ4n) is 3.40. The third kappa shape index (κ3) is 4.03. The molecule has 2 fully saturated rings. The molecule has 2 aliphatic heterocycles. The van der Waals surface area contributed by atoms with E-state index in [4.69, 9.17) is 9.47 Å². The lowest BCUT2D eigenvalue weighted by atomic mass is 9.96. The van der Waals surface area contributed by atoms with Crippen LogP contribution in [0.25, 0.3) is 0 Å². The van der Waals surface area contributed by atoms with E-state index in [2.05, 4.69) is 15.2 Å². The Morgan fingerprint density at radius 1 is 1.33 bits per heavy atom. The number of carbonyl (C=O) groups excluding carboxylic acids is 1. The molecule has 0 aliphatic carbocycles. The summed E-state index contributed by atoms with van der Waals surface area (Å²) in [5, 5.41) is 2.94. The lowest BCUT2D eigenvalue weighted by Crippen LogP contribution is -2.52. The van der Waals surface area contributed by atoms with Gasteiger partial charge in [0, 0.05) is 43.9 Å². The number of aromatic amines is 1. The predicted molar refractivity (Wildman–Crippen MR) is 89.2 cm³/mol. The number of H-pyrrole nitrogens is 1. The summed E-state index contributed by atoms with van der Waals surface area (Å²) in [6.45, 7) is 6.97. The molecule has 1 amide bonds. The van der Waals surface area contributed by atoms with Crippen LogP contribution >= 0.6 is 0 Å². The predicted octanol–water partition coefficient (Wildman–Crippen LogP) is 0.150. The maximum absolute atomic E-state index is 12.4. The molecule has 2 aliphatic rings. The molecule has 2 unspecified atom stereocenters. The molecule has 0 saturated carbocycles. The number of aryl methyl sites for hydroxylation is 1. The summed E-state index contributed by atoms with van der Waals surface area (Å²) in [6.07, 6.45) is 1.00. The molecule has 2 N–H and O–H groups in total. The number of amides is 1. The Balaban J connectivity index is 1.65. The zero-order valence-electron chi connectivity index (χ0n) is 14.0. The Hall–Kier alpha value is -1.70. The molecule has 0 bridgehead atoms. The Kier molecular flexibility index (Phi) is 5.65. The highest BCUT2D eigenvalue weighted by molar-refractivity contribution is 5.93. The minimum absolute atomic E-state index is 0.156. The van der Waals surface area contributed by atoms with Crippen LogP contribution in [0.3, 0.4) is 0 Å². The largest absolute Gasteiger partial charge is 0.381 e. The van der Waals surface area contributed by atoms with Crippen molar-refractivity contribution in [2.45, 2.75) is 19.4 Å². The molecule has 0 spiro atoms. The lowest BCUT2D eigenvalue weighted by molar-refractivity contribution is 0.00166. The molecule has 24 heavy (non-hydrogen) atoms. The van der Waals surface area contributed by atoms with Gasteiger partial charge in [-0.15, -0.1) is 0 Å². The number of morpholine rings is 1. The molecule has 3 heterocycles. The molecule has 0 radical (unpaired) electrons. The van der Waals surface area contributed by atoms with Crippen molar-refractivity contribution < 1.29 is 14.3 Å². The van der Waals surface area contributed by atoms with E-state index in [9.17, 15) is 9.59 Å². The van der Waals surface area contributed by atoms with Gasteiger partial charge in [-0.2, -0.15) is 0 Å². The first-order valence-corrected chi connectivity index (χ1v) is 8.53. The van der Waals surface area contributed by atoms with E-state index in [1.807, 2.05) is 0 Å². The average molecular weight is 335 g/mol. The quantitative estimate of drug-likeness (QED) is 0.800. The van der Waals surface area contributed by atoms with Gasteiger partial charge < -0.3 is 19.8 Å². The van der Waals surface area contributed by atoms with E-state index < -0.39 is 0 Å². The SMILES string of the molecule is Cc1ccc(C(=O)NCC(C2CCOC2)N2CCOCC2)c(=O)[nH]1. The minimum atomic E-state index is -0.348. The summed E-state index contributed by atoms with van der Waals surface area (Å²) < 4.78 is 11.0. The smallest absolute Gasteiger partial charge is 0.260 e. The highest BCUT2D eigenvalue weighted by Gasteiger charge is 2.31. The first-order valence-electron chi connectivity index (χ1n) is 8.53. The summed E-state index contributed by atoms with van der Waals surface area (Å²) in [4.78, 5) is 29.3. The standard InChI is InChI=1S/C17H25N3O4/c1-12-2-3-14(17(22)19-12)16(21)18-10-15(13-4-7-24-11-13)20-5-8-23-9-6-20/h2-3,13,15H,4-11H2,1H3,(H,18,21)(H,19,22). The molecule has 2 atom stereocenters. The number of pyridine rings is 1. The van der Waals surface area contributed by atoms with Gasteiger partial charge in [0.15, 0.2) is 0 Å². The van der Waals surface area contributed by atoms with Gasteiger partial charge in [0.1, 0.15) is 5.56 Å². The summed E-state index contributed by atoms with van der Waals surface area (Å²) >= 11 is 0. The van der Waals surface area contributed by atoms with Crippen molar-refractivity contribution in [2.75, 3.05) is 46.1 Å². The highest BCUT2D eigenvalue weighted by atomic mass is 16.5. The molecule has 0 aromatic carbocycles. The fourth-order valence-corrected chi connectivity index (χ4v) is 3.40. The lowest BCUT2D eigenvalue weighted by Gasteiger charge is -2.37. The van der Waals surface area contributed by atoms with E-state index in [1.54, 1.807) is 19.1 Å². The van der Waals surface area contributed by atoms with Gasteiger partial charge in [0.05, 0.1) is 19.8 Å². The molecule has 7 nitrogen and oxygen atoms in total. The van der Waals surface area contributed by atoms with Crippen molar-refractivity contribution in [3.63, 3.8) is 0 Å². The number of rotatable bonds is 5. The van der Waals surface area contributed by atoms with E-state index in [1.165, 1.54) is 0 Å². The summed E-state index contributed by atoms with van der Waals surface area (Å²) in [6, 6.07) is 3.52. The molecule has 132 valence electrons. The normalized spacial score (nSPS) is 23.1. The Morgan fingerprint density at radius 3 is 2.79 bits per heavy atom. The molecular weight excluding hydrogens is 310 g/mol. The van der Waals surface area contributed by atoms with E-state index in [0.717, 1.165) is 51.6 Å². The maximum atomic E-state index is 12.4. The van der Waals surface area contributed by atoms with Crippen molar-refractivity contribution in [3.05, 3.63) is 33.7 Å². The van der Waals surface area contributed by atoms with Gasteiger partial charge in [-0.1, -0.05) is 0 Å². The van der Waals surface area contributed by atoms with Crippen LogP contribution in [0.15, 0.2) is 16.9 Å². The molecule has 7 heteroatoms. The fraction of sp³-hybridized carbons (Fsp3) is 0.647. The van der Waals surface area contributed by atoms with Gasteiger partial charge >= 0.3 is 0 Å². The summed E-state index contributed by atoms with van der Waals surface area (Å²) in [7, 11) is 0. The first kappa shape index (κ1) is 17.1. The monoisotopic (exact) mass is 335 g/mol. The van der Waals surface area contributed by atoms with Gasteiger partial charge in [0.2, 0.25) is 0 Å². The van der Waals surface area contributed by atoms with Crippen LogP contribution in [0, 0.1) is 12.8 Å². The third-order valence-corrected chi connectivity index (χ3v) is 4.80. The van der Waals surface area contributed by atoms with Crippen molar-refractivity contribution in [3.8, 4) is 0 Å². The van der Waals surface area contributed by atoms with Crippen molar-refractivity contribution >= 4 is 5.91 Å². The topological polar surface area (TPSA) is 83.7 Å². The number of hydrogen-bond acceptors (Lipinski definition) is 5. The van der Waals surface area contributed by atoms with E-state index in [0.29, 0.717) is 12.5 Å². The van der Waals surface area contributed by atoms with Gasteiger partial charge in [-0.25, -0.2) is 0 Å². The number of hydrogen-bond donors (Lipinski definition) is 2. The Labute approximate surface area is 141 Å². The summed E-state index contributed by atoms with van der Waals surface area (Å²) in [5.74, 6) is 0.0770. The summed E-state index contributed by atoms with van der Waals surface area (Å²) in [5.41, 5.74) is 0.550. The van der Waals surface area contributed by atoms with Crippen LogP contribution in [-0.4, -0.2) is 67.9 Å². The van der Waals surface area contributed by atoms with Crippen molar-refractivity contribution in [1.82, 2.24) is 15.2 Å². The maximum Gasteiger partial charge on any atom is 0.260 e. The van der Waals surface area contributed by atoms with Crippen LogP contribution in [0.4, 0.5) is 0 Å². The minimum Gasteiger partial charge on any atom is -0.381 e. The Bertz CT molecular complexity index is 619. The van der Waals surface area contributed by atoms with E-state index in [-0.39, 0.29) is 23.1 Å². The van der Waals surface area contributed by atoms with Gasteiger partial charge in [0.25, 0.3) is 11.5 Å². The molecule has 1 aromatic rings. The number of nitrogens with one attached hydrogen (secondary N) is 2. The average Bonchev–Trinajstić information content (AvgIpc) is 3.10. The number of aromatic nitrogens is 1. The molecular formula is C17H25N3O4. The first-order chi connectivity index (χ1) is 11.6. The zero-order chi connectivity index (χ0) is 16.9. The second kappa shape index (κ2) is 7.92. The molecule has 3 rings (SSSR count). The highest BCUT2D eigenvalue weighted by Crippen LogP contribution is 2.21. The van der Waals surface area contributed by atoms with Crippen molar-refractivity contribution in [1.29, 1.82) is 0 Å². The van der Waals surface area contributed by atoms with Gasteiger partial charge in [-0.05, 0) is 25.5 Å². The van der Waals surface area contributed by atoms with E-state index >= 15 is 0 Å². The molecule has 2 saturated heterocycles. The van der Waals surface area contributed by atoms with Crippen LogP contribution in [0.2, 0.25) is 0 Å². The second-order valence-electron chi connectivity index (χ2n) is 6.43. The number of carbonyl (C=O) groups is 1. The zero-order valence-corrected chi connectivity index (χ0v) is 14.0. The van der Waals surface area contributed by atoms with Gasteiger partial charge in [-0.3, -0.25) is 14.5 Å². The number of ether oxygens (including phenoxy) is 2. The second-order valence-corrected chi connectivity index (χ2v) is 6.43. The molecule has 1 aromatic heterocycles. The van der Waals surface area contributed by atoms with Crippen LogP contribution < -0.4 is 10.9 Å². The third-order valence-electron chi connectivity index (χ3n) is 4.80.